The number of halogens is 1. The van der Waals surface area contributed by atoms with E-state index >= 15 is 0 Å². The average molecular weight is 311 g/mol. The summed E-state index contributed by atoms with van der Waals surface area (Å²) >= 11 is 5.95. The molecule has 21 heavy (non-hydrogen) atoms. The van der Waals surface area contributed by atoms with Crippen LogP contribution in [0.3, 0.4) is 0 Å². The van der Waals surface area contributed by atoms with Crippen LogP contribution in [0, 0.1) is 12.8 Å². The summed E-state index contributed by atoms with van der Waals surface area (Å²) in [7, 11) is 0. The molecule has 0 bridgehead atoms. The predicted octanol–water partition coefficient (Wildman–Crippen LogP) is 2.68. The molecule has 1 atom stereocenters. The van der Waals surface area contributed by atoms with Gasteiger partial charge in [-0.3, -0.25) is 9.69 Å². The molecule has 1 unspecified atom stereocenters. The molecule has 4 nitrogen and oxygen atoms in total. The van der Waals surface area contributed by atoms with Crippen LogP contribution in [-0.4, -0.2) is 41.7 Å². The van der Waals surface area contributed by atoms with Gasteiger partial charge in [-0.2, -0.15) is 0 Å². The van der Waals surface area contributed by atoms with Gasteiger partial charge in [-0.1, -0.05) is 17.7 Å². The number of nitrogens with zero attached hydrogens (tertiary/aromatic N) is 1. The van der Waals surface area contributed by atoms with Crippen LogP contribution in [0.1, 0.15) is 25.3 Å². The van der Waals surface area contributed by atoms with Gasteiger partial charge >= 0.3 is 0 Å². The summed E-state index contributed by atoms with van der Waals surface area (Å²) in [4.78, 5) is 14.2. The summed E-state index contributed by atoms with van der Waals surface area (Å²) < 4.78 is 0. The van der Waals surface area contributed by atoms with Gasteiger partial charge in [-0.15, -0.1) is 0 Å². The van der Waals surface area contributed by atoms with E-state index in [2.05, 4.69) is 10.2 Å². The number of rotatable bonds is 4. The van der Waals surface area contributed by atoms with Gasteiger partial charge in [0.25, 0.3) is 0 Å². The van der Waals surface area contributed by atoms with Crippen molar-refractivity contribution in [2.45, 2.75) is 32.8 Å². The van der Waals surface area contributed by atoms with Gasteiger partial charge in [0.1, 0.15) is 0 Å². The summed E-state index contributed by atoms with van der Waals surface area (Å²) in [6.07, 6.45) is 1.64. The molecule has 1 aliphatic rings. The summed E-state index contributed by atoms with van der Waals surface area (Å²) in [6.45, 7) is 5.89. The Morgan fingerprint density at radius 3 is 2.76 bits per heavy atom. The van der Waals surface area contributed by atoms with Crippen LogP contribution in [0.25, 0.3) is 0 Å². The number of benzene rings is 1. The molecule has 2 N–H and O–H groups in total. The third-order valence-electron chi connectivity index (χ3n) is 4.16. The lowest BCUT2D eigenvalue weighted by atomic mass is 9.92. The highest BCUT2D eigenvalue weighted by molar-refractivity contribution is 6.31. The molecule has 0 radical (unpaired) electrons. The van der Waals surface area contributed by atoms with E-state index in [0.717, 1.165) is 37.2 Å². The highest BCUT2D eigenvalue weighted by Gasteiger charge is 2.23. The lowest BCUT2D eigenvalue weighted by molar-refractivity contribution is -0.117. The monoisotopic (exact) mass is 310 g/mol. The molecule has 2 rings (SSSR count). The van der Waals surface area contributed by atoms with E-state index < -0.39 is 0 Å². The van der Waals surface area contributed by atoms with E-state index in [9.17, 15) is 9.90 Å². The molecule has 1 heterocycles. The second-order valence-corrected chi connectivity index (χ2v) is 6.30. The molecule has 0 aliphatic carbocycles. The summed E-state index contributed by atoms with van der Waals surface area (Å²) in [5.74, 6) is 0.343. The number of likely N-dealkylation sites (tertiary alicyclic amines) is 1. The Kier molecular flexibility index (Phi) is 5.62. The minimum Gasteiger partial charge on any atom is -0.393 e. The van der Waals surface area contributed by atoms with Crippen molar-refractivity contribution in [2.75, 3.05) is 25.0 Å². The van der Waals surface area contributed by atoms with Crippen molar-refractivity contribution in [1.29, 1.82) is 0 Å². The van der Waals surface area contributed by atoms with Crippen molar-refractivity contribution >= 4 is 23.2 Å². The van der Waals surface area contributed by atoms with Crippen LogP contribution in [0.15, 0.2) is 18.2 Å². The fraction of sp³-hybridized carbons (Fsp3) is 0.562. The summed E-state index contributed by atoms with van der Waals surface area (Å²) in [6, 6.07) is 5.48. The van der Waals surface area contributed by atoms with Crippen molar-refractivity contribution in [3.8, 4) is 0 Å². The predicted molar refractivity (Wildman–Crippen MR) is 85.7 cm³/mol. The zero-order valence-electron chi connectivity index (χ0n) is 12.6. The first-order valence-electron chi connectivity index (χ1n) is 7.42. The number of carbonyl (C=O) groups excluding carboxylic acids is 1. The second kappa shape index (κ2) is 7.25. The lowest BCUT2D eigenvalue weighted by Crippen LogP contribution is -2.41. The van der Waals surface area contributed by atoms with Crippen LogP contribution in [0.2, 0.25) is 5.02 Å². The molecule has 1 aromatic rings. The Morgan fingerprint density at radius 1 is 1.48 bits per heavy atom. The average Bonchev–Trinajstić information content (AvgIpc) is 2.43. The van der Waals surface area contributed by atoms with Gasteiger partial charge in [0.05, 0.1) is 12.6 Å². The van der Waals surface area contributed by atoms with Crippen molar-refractivity contribution in [2.24, 2.45) is 5.92 Å². The van der Waals surface area contributed by atoms with Crippen LogP contribution in [0.5, 0.6) is 0 Å². The molecule has 5 heteroatoms. The SMILES string of the molecule is Cc1ccc(Cl)cc1NC(=O)CN1CCC(C(C)O)CC1. The molecule has 1 fully saturated rings. The minimum absolute atomic E-state index is 0.0177. The minimum atomic E-state index is -0.255. The number of anilines is 1. The van der Waals surface area contributed by atoms with E-state index in [0.29, 0.717) is 17.5 Å². The molecule has 1 aliphatic heterocycles. The first kappa shape index (κ1) is 16.3. The largest absolute Gasteiger partial charge is 0.393 e. The van der Waals surface area contributed by atoms with E-state index in [-0.39, 0.29) is 12.0 Å². The van der Waals surface area contributed by atoms with Gasteiger partial charge in [0.15, 0.2) is 0 Å². The van der Waals surface area contributed by atoms with Crippen molar-refractivity contribution in [3.05, 3.63) is 28.8 Å². The maximum Gasteiger partial charge on any atom is 0.238 e. The summed E-state index contributed by atoms with van der Waals surface area (Å²) in [5.41, 5.74) is 1.77. The van der Waals surface area contributed by atoms with Gasteiger partial charge in [-0.25, -0.2) is 0 Å². The standard InChI is InChI=1S/C16H23ClN2O2/c1-11-3-4-14(17)9-15(11)18-16(21)10-19-7-5-13(6-8-19)12(2)20/h3-4,9,12-13,20H,5-8,10H2,1-2H3,(H,18,21). The number of carbonyl (C=O) groups is 1. The number of aliphatic hydroxyl groups is 1. The van der Waals surface area contributed by atoms with E-state index in [1.165, 1.54) is 0 Å². The molecule has 0 aromatic heterocycles. The number of piperidine rings is 1. The molecule has 1 amide bonds. The van der Waals surface area contributed by atoms with Gasteiger partial charge < -0.3 is 10.4 Å². The van der Waals surface area contributed by atoms with Crippen LogP contribution in [0.4, 0.5) is 5.69 Å². The number of aliphatic hydroxyl groups excluding tert-OH is 1. The molecular weight excluding hydrogens is 288 g/mol. The number of hydrogen-bond donors (Lipinski definition) is 2. The lowest BCUT2D eigenvalue weighted by Gasteiger charge is -2.32. The quantitative estimate of drug-likeness (QED) is 0.899. The van der Waals surface area contributed by atoms with Crippen LogP contribution >= 0.6 is 11.6 Å². The molecule has 116 valence electrons. The maximum atomic E-state index is 12.1. The fourth-order valence-electron chi connectivity index (χ4n) is 2.72. The van der Waals surface area contributed by atoms with E-state index in [4.69, 9.17) is 11.6 Å². The Bertz CT molecular complexity index is 497. The number of nitrogens with one attached hydrogen (secondary N) is 1. The topological polar surface area (TPSA) is 52.6 Å². The van der Waals surface area contributed by atoms with Gasteiger partial charge in [-0.05, 0) is 63.4 Å². The van der Waals surface area contributed by atoms with Crippen molar-refractivity contribution < 1.29 is 9.90 Å². The highest BCUT2D eigenvalue weighted by Crippen LogP contribution is 2.22. The second-order valence-electron chi connectivity index (χ2n) is 5.86. The van der Waals surface area contributed by atoms with Gasteiger partial charge in [0, 0.05) is 10.7 Å². The third-order valence-corrected chi connectivity index (χ3v) is 4.39. The normalized spacial score (nSPS) is 18.5. The van der Waals surface area contributed by atoms with E-state index in [1.807, 2.05) is 26.0 Å². The first-order valence-corrected chi connectivity index (χ1v) is 7.80. The number of aryl methyl sites for hydroxylation is 1. The number of hydrogen-bond acceptors (Lipinski definition) is 3. The highest BCUT2D eigenvalue weighted by atomic mass is 35.5. The van der Waals surface area contributed by atoms with E-state index in [1.54, 1.807) is 6.07 Å². The Hall–Kier alpha value is -1.10. The third kappa shape index (κ3) is 4.70. The Balaban J connectivity index is 1.84. The molecule has 0 spiro atoms. The molecule has 1 saturated heterocycles. The maximum absolute atomic E-state index is 12.1. The smallest absolute Gasteiger partial charge is 0.238 e. The first-order chi connectivity index (χ1) is 9.95. The molecule has 1 aromatic carbocycles. The number of amides is 1. The van der Waals surface area contributed by atoms with Gasteiger partial charge in [0.2, 0.25) is 5.91 Å². The Labute approximate surface area is 131 Å². The van der Waals surface area contributed by atoms with Crippen molar-refractivity contribution in [3.63, 3.8) is 0 Å². The Morgan fingerprint density at radius 2 is 2.14 bits per heavy atom. The van der Waals surface area contributed by atoms with Crippen LogP contribution in [-0.2, 0) is 4.79 Å². The molecule has 0 saturated carbocycles. The van der Waals surface area contributed by atoms with Crippen molar-refractivity contribution in [1.82, 2.24) is 4.90 Å². The zero-order valence-corrected chi connectivity index (χ0v) is 13.4. The zero-order chi connectivity index (χ0) is 15.4. The summed E-state index contributed by atoms with van der Waals surface area (Å²) in [5, 5.41) is 13.1. The molecular formula is C16H23ClN2O2. The van der Waals surface area contributed by atoms with Crippen LogP contribution < -0.4 is 5.32 Å². The fourth-order valence-corrected chi connectivity index (χ4v) is 2.89.